The van der Waals surface area contributed by atoms with Crippen LogP contribution in [0.25, 0.3) is 0 Å². The third kappa shape index (κ3) is 2.88. The minimum absolute atomic E-state index is 0.361. The fourth-order valence-corrected chi connectivity index (χ4v) is 3.76. The van der Waals surface area contributed by atoms with Crippen LogP contribution >= 0.6 is 0 Å². The second kappa shape index (κ2) is 4.96. The Morgan fingerprint density at radius 1 is 1.00 bits per heavy atom. The summed E-state index contributed by atoms with van der Waals surface area (Å²) in [4.78, 5) is 0. The molecule has 1 fully saturated rings. The predicted octanol–water partition coefficient (Wildman–Crippen LogP) is 5.96. The van der Waals surface area contributed by atoms with Crippen molar-refractivity contribution in [2.24, 2.45) is 10.8 Å². The summed E-state index contributed by atoms with van der Waals surface area (Å²) in [5.74, 6) is 0. The van der Waals surface area contributed by atoms with Crippen molar-refractivity contribution in [3.05, 3.63) is 35.9 Å². The average Bonchev–Trinajstić information content (AvgIpc) is 2.66. The van der Waals surface area contributed by atoms with Crippen LogP contribution < -0.4 is 0 Å². The van der Waals surface area contributed by atoms with Crippen molar-refractivity contribution in [2.75, 3.05) is 0 Å². The summed E-state index contributed by atoms with van der Waals surface area (Å²) in [6.45, 7) is 12.1. The molecule has 0 aliphatic heterocycles. The standard InChI is InChI=1S/C19H30/c1-17(2,3)14-15-18(4)12-9-13-19(18,5)16-10-7-6-8-11-16/h6-8,10-11H,9,12-15H2,1-5H3/t18-,19+/m0/s1. The molecule has 106 valence electrons. The average molecular weight is 258 g/mol. The van der Waals surface area contributed by atoms with Crippen LogP contribution in [0.2, 0.25) is 0 Å². The first-order valence-electron chi connectivity index (χ1n) is 7.82. The van der Waals surface area contributed by atoms with E-state index < -0.39 is 0 Å². The van der Waals surface area contributed by atoms with Crippen LogP contribution in [-0.2, 0) is 5.41 Å². The molecular formula is C19H30. The molecule has 0 N–H and O–H groups in total. The third-order valence-electron chi connectivity index (χ3n) is 5.58. The van der Waals surface area contributed by atoms with E-state index in [0.717, 1.165) is 0 Å². The first-order valence-corrected chi connectivity index (χ1v) is 7.82. The lowest BCUT2D eigenvalue weighted by atomic mass is 9.61. The fraction of sp³-hybridized carbons (Fsp3) is 0.684. The predicted molar refractivity (Wildman–Crippen MR) is 84.4 cm³/mol. The third-order valence-corrected chi connectivity index (χ3v) is 5.58. The van der Waals surface area contributed by atoms with Crippen LogP contribution in [-0.4, -0.2) is 0 Å². The molecule has 0 heterocycles. The van der Waals surface area contributed by atoms with E-state index >= 15 is 0 Å². The summed E-state index contributed by atoms with van der Waals surface area (Å²) < 4.78 is 0. The Kier molecular flexibility index (Phi) is 3.82. The minimum Gasteiger partial charge on any atom is -0.0622 e. The van der Waals surface area contributed by atoms with E-state index in [4.69, 9.17) is 0 Å². The molecule has 1 aromatic rings. The van der Waals surface area contributed by atoms with E-state index in [1.54, 1.807) is 5.56 Å². The lowest BCUT2D eigenvalue weighted by molar-refractivity contribution is 0.151. The molecule has 2 rings (SSSR count). The van der Waals surface area contributed by atoms with Gasteiger partial charge in [0.05, 0.1) is 0 Å². The van der Waals surface area contributed by atoms with Crippen molar-refractivity contribution in [3.8, 4) is 0 Å². The van der Waals surface area contributed by atoms with Crippen LogP contribution in [0.15, 0.2) is 30.3 Å². The molecule has 1 aliphatic carbocycles. The first-order chi connectivity index (χ1) is 8.77. The van der Waals surface area contributed by atoms with Gasteiger partial charge in [-0.2, -0.15) is 0 Å². The summed E-state index contributed by atoms with van der Waals surface area (Å²) >= 11 is 0. The Bertz CT molecular complexity index is 411. The van der Waals surface area contributed by atoms with Gasteiger partial charge < -0.3 is 0 Å². The zero-order valence-corrected chi connectivity index (χ0v) is 13.4. The summed E-state index contributed by atoms with van der Waals surface area (Å²) in [5.41, 5.74) is 2.81. The van der Waals surface area contributed by atoms with Crippen molar-refractivity contribution in [3.63, 3.8) is 0 Å². The molecule has 0 spiro atoms. The van der Waals surface area contributed by atoms with Gasteiger partial charge in [-0.25, -0.2) is 0 Å². The van der Waals surface area contributed by atoms with Gasteiger partial charge in [0.25, 0.3) is 0 Å². The minimum atomic E-state index is 0.361. The van der Waals surface area contributed by atoms with E-state index in [2.05, 4.69) is 65.0 Å². The largest absolute Gasteiger partial charge is 0.0622 e. The lowest BCUT2D eigenvalue weighted by Gasteiger charge is -2.43. The Hall–Kier alpha value is -0.780. The van der Waals surface area contributed by atoms with Gasteiger partial charge in [0.1, 0.15) is 0 Å². The van der Waals surface area contributed by atoms with Crippen molar-refractivity contribution in [2.45, 2.75) is 72.1 Å². The zero-order chi connectivity index (χ0) is 14.1. The Labute approximate surface area is 119 Å². The van der Waals surface area contributed by atoms with Crippen LogP contribution in [0.4, 0.5) is 0 Å². The molecule has 2 atom stereocenters. The molecule has 19 heavy (non-hydrogen) atoms. The van der Waals surface area contributed by atoms with Gasteiger partial charge in [0.15, 0.2) is 0 Å². The molecule has 0 aromatic heterocycles. The number of benzene rings is 1. The molecular weight excluding hydrogens is 228 g/mol. The first kappa shape index (κ1) is 14.6. The summed E-state index contributed by atoms with van der Waals surface area (Å²) in [7, 11) is 0. The summed E-state index contributed by atoms with van der Waals surface area (Å²) in [5, 5.41) is 0. The monoisotopic (exact) mass is 258 g/mol. The maximum atomic E-state index is 2.53. The highest BCUT2D eigenvalue weighted by molar-refractivity contribution is 5.29. The van der Waals surface area contributed by atoms with Crippen LogP contribution in [0.5, 0.6) is 0 Å². The molecule has 0 bridgehead atoms. The van der Waals surface area contributed by atoms with Gasteiger partial charge in [-0.1, -0.05) is 71.4 Å². The highest BCUT2D eigenvalue weighted by atomic mass is 14.5. The van der Waals surface area contributed by atoms with Gasteiger partial charge in [-0.05, 0) is 47.5 Å². The number of rotatable bonds is 3. The Balaban J connectivity index is 2.24. The molecule has 0 amide bonds. The zero-order valence-electron chi connectivity index (χ0n) is 13.4. The Morgan fingerprint density at radius 3 is 2.21 bits per heavy atom. The highest BCUT2D eigenvalue weighted by Crippen LogP contribution is 2.57. The number of hydrogen-bond acceptors (Lipinski definition) is 0. The van der Waals surface area contributed by atoms with Crippen LogP contribution in [0, 0.1) is 10.8 Å². The van der Waals surface area contributed by atoms with E-state index in [1.807, 2.05) is 0 Å². The van der Waals surface area contributed by atoms with Crippen molar-refractivity contribution in [1.29, 1.82) is 0 Å². The van der Waals surface area contributed by atoms with Crippen molar-refractivity contribution in [1.82, 2.24) is 0 Å². The van der Waals surface area contributed by atoms with E-state index in [9.17, 15) is 0 Å². The topological polar surface area (TPSA) is 0 Å². The van der Waals surface area contributed by atoms with Gasteiger partial charge >= 0.3 is 0 Å². The van der Waals surface area contributed by atoms with Gasteiger partial charge in [0.2, 0.25) is 0 Å². The number of hydrogen-bond donors (Lipinski definition) is 0. The normalized spacial score (nSPS) is 31.6. The van der Waals surface area contributed by atoms with Gasteiger partial charge in [-0.15, -0.1) is 0 Å². The lowest BCUT2D eigenvalue weighted by Crippen LogP contribution is -2.37. The van der Waals surface area contributed by atoms with E-state index in [0.29, 0.717) is 16.2 Å². The van der Waals surface area contributed by atoms with Gasteiger partial charge in [-0.3, -0.25) is 0 Å². The highest BCUT2D eigenvalue weighted by Gasteiger charge is 2.48. The summed E-state index contributed by atoms with van der Waals surface area (Å²) in [6, 6.07) is 11.2. The fourth-order valence-electron chi connectivity index (χ4n) is 3.76. The molecule has 1 aromatic carbocycles. The molecule has 0 saturated heterocycles. The Morgan fingerprint density at radius 2 is 1.63 bits per heavy atom. The SMILES string of the molecule is CC(C)(C)CC[C@]1(C)CCC[C@]1(C)c1ccccc1. The molecule has 0 nitrogen and oxygen atoms in total. The molecule has 1 aliphatic rings. The van der Waals surface area contributed by atoms with Crippen molar-refractivity contribution >= 4 is 0 Å². The second-order valence-corrected chi connectivity index (χ2v) is 8.17. The maximum Gasteiger partial charge on any atom is -0.00215 e. The quantitative estimate of drug-likeness (QED) is 0.627. The molecule has 0 radical (unpaired) electrons. The van der Waals surface area contributed by atoms with Gasteiger partial charge in [0, 0.05) is 0 Å². The van der Waals surface area contributed by atoms with Crippen molar-refractivity contribution < 1.29 is 0 Å². The van der Waals surface area contributed by atoms with Crippen LogP contribution in [0.3, 0.4) is 0 Å². The van der Waals surface area contributed by atoms with E-state index in [-0.39, 0.29) is 0 Å². The smallest absolute Gasteiger partial charge is 0.00215 e. The molecule has 0 unspecified atom stereocenters. The summed E-state index contributed by atoms with van der Waals surface area (Å²) in [6.07, 6.45) is 6.78. The molecule has 1 saturated carbocycles. The second-order valence-electron chi connectivity index (χ2n) is 8.17. The van der Waals surface area contributed by atoms with Crippen LogP contribution in [0.1, 0.15) is 72.3 Å². The maximum absolute atomic E-state index is 2.53. The van der Waals surface area contributed by atoms with E-state index in [1.165, 1.54) is 32.1 Å². The molecule has 0 heteroatoms.